The Hall–Kier alpha value is -2.25. The maximum Gasteiger partial charge on any atom is 0.272 e. The Kier molecular flexibility index (Phi) is 5.45. The summed E-state index contributed by atoms with van der Waals surface area (Å²) in [5, 5.41) is 3.02. The van der Waals surface area contributed by atoms with Crippen molar-refractivity contribution in [2.45, 2.75) is 6.92 Å². The number of likely N-dealkylation sites (N-methyl/N-ethyl adjacent to an activating group) is 1. The molecule has 132 valence electrons. The van der Waals surface area contributed by atoms with Gasteiger partial charge in [0.15, 0.2) is 0 Å². The van der Waals surface area contributed by atoms with Gasteiger partial charge in [0.1, 0.15) is 23.7 Å². The van der Waals surface area contributed by atoms with Gasteiger partial charge in [0.2, 0.25) is 0 Å². The van der Waals surface area contributed by atoms with E-state index in [9.17, 15) is 9.18 Å². The number of hydrogen-bond donors (Lipinski definition) is 1. The van der Waals surface area contributed by atoms with Crippen molar-refractivity contribution in [1.82, 2.24) is 19.8 Å². The summed E-state index contributed by atoms with van der Waals surface area (Å²) in [4.78, 5) is 24.9. The molecule has 1 aliphatic rings. The molecule has 1 aromatic heterocycles. The SMILES string of the molecule is CCN1CCN(C(=O)c2cc(Nc3ccc(F)c(Cl)c3)ncn2)CC1. The molecule has 0 bridgehead atoms. The van der Waals surface area contributed by atoms with Gasteiger partial charge in [-0.3, -0.25) is 4.79 Å². The van der Waals surface area contributed by atoms with E-state index in [1.807, 2.05) is 0 Å². The van der Waals surface area contributed by atoms with E-state index in [-0.39, 0.29) is 10.9 Å². The van der Waals surface area contributed by atoms with Crippen LogP contribution in [0.15, 0.2) is 30.6 Å². The third kappa shape index (κ3) is 4.24. The van der Waals surface area contributed by atoms with Crippen LogP contribution in [0.1, 0.15) is 17.4 Å². The molecule has 3 rings (SSSR count). The number of hydrogen-bond acceptors (Lipinski definition) is 5. The molecule has 1 fully saturated rings. The van der Waals surface area contributed by atoms with Crippen molar-refractivity contribution >= 4 is 29.0 Å². The van der Waals surface area contributed by atoms with Gasteiger partial charge >= 0.3 is 0 Å². The van der Waals surface area contributed by atoms with Crippen LogP contribution in [0.25, 0.3) is 0 Å². The summed E-state index contributed by atoms with van der Waals surface area (Å²) < 4.78 is 13.2. The Labute approximate surface area is 150 Å². The van der Waals surface area contributed by atoms with Gasteiger partial charge in [-0.1, -0.05) is 18.5 Å². The molecule has 2 heterocycles. The number of benzene rings is 1. The summed E-state index contributed by atoms with van der Waals surface area (Å²) in [6.45, 7) is 6.21. The minimum Gasteiger partial charge on any atom is -0.340 e. The van der Waals surface area contributed by atoms with E-state index in [0.717, 1.165) is 19.6 Å². The number of nitrogens with one attached hydrogen (secondary N) is 1. The molecule has 25 heavy (non-hydrogen) atoms. The lowest BCUT2D eigenvalue weighted by molar-refractivity contribution is 0.0637. The number of nitrogens with zero attached hydrogens (tertiary/aromatic N) is 4. The van der Waals surface area contributed by atoms with Gasteiger partial charge in [0.25, 0.3) is 5.91 Å². The largest absolute Gasteiger partial charge is 0.340 e. The maximum absolute atomic E-state index is 13.2. The average molecular weight is 364 g/mol. The third-order valence-corrected chi connectivity index (χ3v) is 4.47. The Balaban J connectivity index is 1.70. The van der Waals surface area contributed by atoms with Crippen LogP contribution in [-0.4, -0.2) is 58.4 Å². The maximum atomic E-state index is 13.2. The quantitative estimate of drug-likeness (QED) is 0.905. The summed E-state index contributed by atoms with van der Waals surface area (Å²) in [7, 11) is 0. The zero-order chi connectivity index (χ0) is 17.8. The Bertz CT molecular complexity index is 764. The molecular formula is C17H19ClFN5O. The van der Waals surface area contributed by atoms with Crippen LogP contribution in [0.2, 0.25) is 5.02 Å². The van der Waals surface area contributed by atoms with Crippen LogP contribution in [-0.2, 0) is 0 Å². The molecule has 6 nitrogen and oxygen atoms in total. The summed E-state index contributed by atoms with van der Waals surface area (Å²) in [5.74, 6) is -0.149. The Morgan fingerprint density at radius 3 is 2.68 bits per heavy atom. The number of amides is 1. The number of piperazine rings is 1. The molecule has 0 saturated carbocycles. The normalized spacial score (nSPS) is 15.2. The number of carbonyl (C=O) groups excluding carboxylic acids is 1. The van der Waals surface area contributed by atoms with Crippen LogP contribution >= 0.6 is 11.6 Å². The highest BCUT2D eigenvalue weighted by Crippen LogP contribution is 2.22. The minimum absolute atomic E-state index is 0.0177. The summed E-state index contributed by atoms with van der Waals surface area (Å²) >= 11 is 5.77. The zero-order valence-corrected chi connectivity index (χ0v) is 14.6. The van der Waals surface area contributed by atoms with Gasteiger partial charge in [-0.05, 0) is 24.7 Å². The van der Waals surface area contributed by atoms with E-state index in [2.05, 4.69) is 27.1 Å². The molecular weight excluding hydrogens is 345 g/mol. The van der Waals surface area contributed by atoms with Crippen molar-refractivity contribution < 1.29 is 9.18 Å². The lowest BCUT2D eigenvalue weighted by Crippen LogP contribution is -2.48. The van der Waals surface area contributed by atoms with Crippen LogP contribution in [0.3, 0.4) is 0 Å². The molecule has 0 unspecified atom stereocenters. The van der Waals surface area contributed by atoms with Crippen LogP contribution in [0.4, 0.5) is 15.9 Å². The smallest absolute Gasteiger partial charge is 0.272 e. The van der Waals surface area contributed by atoms with Gasteiger partial charge < -0.3 is 15.1 Å². The average Bonchev–Trinajstić information content (AvgIpc) is 2.64. The molecule has 1 aliphatic heterocycles. The molecule has 1 aromatic carbocycles. The zero-order valence-electron chi connectivity index (χ0n) is 13.9. The summed E-state index contributed by atoms with van der Waals surface area (Å²) in [6, 6.07) is 5.87. The van der Waals surface area contributed by atoms with E-state index in [1.165, 1.54) is 18.5 Å². The molecule has 1 amide bonds. The number of rotatable bonds is 4. The van der Waals surface area contributed by atoms with Crippen molar-refractivity contribution in [1.29, 1.82) is 0 Å². The van der Waals surface area contributed by atoms with Gasteiger partial charge in [-0.2, -0.15) is 0 Å². The molecule has 0 spiro atoms. The predicted molar refractivity (Wildman–Crippen MR) is 94.7 cm³/mol. The fourth-order valence-electron chi connectivity index (χ4n) is 2.69. The second-order valence-corrected chi connectivity index (χ2v) is 6.18. The molecule has 8 heteroatoms. The van der Waals surface area contributed by atoms with Crippen LogP contribution in [0.5, 0.6) is 0 Å². The van der Waals surface area contributed by atoms with Gasteiger partial charge in [-0.25, -0.2) is 14.4 Å². The lowest BCUT2D eigenvalue weighted by Gasteiger charge is -2.33. The van der Waals surface area contributed by atoms with E-state index in [0.29, 0.717) is 30.3 Å². The number of aromatic nitrogens is 2. The van der Waals surface area contributed by atoms with Gasteiger partial charge in [-0.15, -0.1) is 0 Å². The van der Waals surface area contributed by atoms with Crippen molar-refractivity contribution in [2.75, 3.05) is 38.0 Å². The minimum atomic E-state index is -0.489. The van der Waals surface area contributed by atoms with E-state index < -0.39 is 5.82 Å². The fourth-order valence-corrected chi connectivity index (χ4v) is 2.87. The monoisotopic (exact) mass is 363 g/mol. The van der Waals surface area contributed by atoms with E-state index in [4.69, 9.17) is 11.6 Å². The molecule has 0 aliphatic carbocycles. The first-order valence-electron chi connectivity index (χ1n) is 8.12. The van der Waals surface area contributed by atoms with Crippen molar-refractivity contribution in [3.05, 3.63) is 47.1 Å². The summed E-state index contributed by atoms with van der Waals surface area (Å²) in [5.41, 5.74) is 0.913. The number of anilines is 2. The predicted octanol–water partition coefficient (Wildman–Crippen LogP) is 2.79. The highest BCUT2D eigenvalue weighted by atomic mass is 35.5. The van der Waals surface area contributed by atoms with Gasteiger partial charge in [0.05, 0.1) is 5.02 Å². The first kappa shape index (κ1) is 17.6. The lowest BCUT2D eigenvalue weighted by atomic mass is 10.2. The van der Waals surface area contributed by atoms with E-state index >= 15 is 0 Å². The number of carbonyl (C=O) groups is 1. The highest BCUT2D eigenvalue weighted by Gasteiger charge is 2.22. The molecule has 0 radical (unpaired) electrons. The Morgan fingerprint density at radius 1 is 1.24 bits per heavy atom. The molecule has 2 aromatic rings. The van der Waals surface area contributed by atoms with E-state index in [1.54, 1.807) is 17.0 Å². The van der Waals surface area contributed by atoms with Crippen molar-refractivity contribution in [2.24, 2.45) is 0 Å². The van der Waals surface area contributed by atoms with Crippen molar-refractivity contribution in [3.63, 3.8) is 0 Å². The van der Waals surface area contributed by atoms with Crippen LogP contribution < -0.4 is 5.32 Å². The molecule has 1 N–H and O–H groups in total. The fraction of sp³-hybridized carbons (Fsp3) is 0.353. The Morgan fingerprint density at radius 2 is 2.00 bits per heavy atom. The second kappa shape index (κ2) is 7.76. The van der Waals surface area contributed by atoms with Crippen LogP contribution in [0, 0.1) is 5.82 Å². The first-order chi connectivity index (χ1) is 12.1. The first-order valence-corrected chi connectivity index (χ1v) is 8.50. The molecule has 0 atom stereocenters. The third-order valence-electron chi connectivity index (χ3n) is 4.18. The second-order valence-electron chi connectivity index (χ2n) is 5.77. The molecule has 1 saturated heterocycles. The topological polar surface area (TPSA) is 61.4 Å². The highest BCUT2D eigenvalue weighted by molar-refractivity contribution is 6.31. The van der Waals surface area contributed by atoms with Gasteiger partial charge in [0, 0.05) is 37.9 Å². The number of halogens is 2. The summed E-state index contributed by atoms with van der Waals surface area (Å²) in [6.07, 6.45) is 1.34. The van der Waals surface area contributed by atoms with Crippen molar-refractivity contribution in [3.8, 4) is 0 Å². The standard InChI is InChI=1S/C17H19ClFN5O/c1-2-23-5-7-24(8-6-23)17(25)15-10-16(21-11-20-15)22-12-3-4-14(19)13(18)9-12/h3-4,9-11H,2,5-8H2,1H3,(H,20,21,22).